The van der Waals surface area contributed by atoms with E-state index in [1.54, 1.807) is 24.8 Å². The lowest BCUT2D eigenvalue weighted by Crippen LogP contribution is -2.40. The summed E-state index contributed by atoms with van der Waals surface area (Å²) in [7, 11) is 0. The smallest absolute Gasteiger partial charge is 0.315 e. The highest BCUT2D eigenvalue weighted by Crippen LogP contribution is 2.18. The van der Waals surface area contributed by atoms with Gasteiger partial charge in [-0.3, -0.25) is 9.97 Å². The van der Waals surface area contributed by atoms with Crippen LogP contribution in [0.15, 0.2) is 43.0 Å². The molecule has 2 N–H and O–H groups in total. The number of hydrogen-bond donors (Lipinski definition) is 2. The lowest BCUT2D eigenvalue weighted by atomic mass is 10.1. The van der Waals surface area contributed by atoms with Crippen LogP contribution in [0.3, 0.4) is 0 Å². The third kappa shape index (κ3) is 3.81. The number of hydrogen-bond acceptors (Lipinski definition) is 3. The van der Waals surface area contributed by atoms with Crippen molar-refractivity contribution in [3.8, 4) is 11.1 Å². The Hall–Kier alpha value is -2.43. The van der Waals surface area contributed by atoms with Crippen LogP contribution in [0, 0.1) is 0 Å². The van der Waals surface area contributed by atoms with Crippen LogP contribution >= 0.6 is 0 Å². The number of urea groups is 1. The molecule has 0 bridgehead atoms. The number of amides is 2. The first-order valence-electron chi connectivity index (χ1n) is 7.70. The monoisotopic (exact) mass is 296 g/mol. The fraction of sp³-hybridized carbons (Fsp3) is 0.353. The first-order valence-corrected chi connectivity index (χ1v) is 7.70. The SMILES string of the molecule is O=C(NCc1cncc(-c2cccnc2)c1)NC1CCCC1. The van der Waals surface area contributed by atoms with Crippen molar-refractivity contribution >= 4 is 6.03 Å². The lowest BCUT2D eigenvalue weighted by molar-refractivity contribution is 0.236. The van der Waals surface area contributed by atoms with Crippen molar-refractivity contribution in [2.24, 2.45) is 0 Å². The first-order chi connectivity index (χ1) is 10.8. The molecule has 1 aliphatic rings. The van der Waals surface area contributed by atoms with Crippen LogP contribution in [-0.2, 0) is 6.54 Å². The maximum atomic E-state index is 11.9. The molecule has 5 nitrogen and oxygen atoms in total. The molecule has 2 aromatic rings. The van der Waals surface area contributed by atoms with Crippen molar-refractivity contribution in [1.82, 2.24) is 20.6 Å². The van der Waals surface area contributed by atoms with Gasteiger partial charge in [0.25, 0.3) is 0 Å². The summed E-state index contributed by atoms with van der Waals surface area (Å²) in [5.74, 6) is 0. The zero-order valence-electron chi connectivity index (χ0n) is 12.5. The Morgan fingerprint density at radius 1 is 1.14 bits per heavy atom. The molecule has 0 atom stereocenters. The summed E-state index contributed by atoms with van der Waals surface area (Å²) in [5, 5.41) is 5.91. The average molecular weight is 296 g/mol. The van der Waals surface area contributed by atoms with Crippen LogP contribution in [0.4, 0.5) is 4.79 Å². The van der Waals surface area contributed by atoms with E-state index in [1.807, 2.05) is 18.2 Å². The summed E-state index contributed by atoms with van der Waals surface area (Å²) in [5.41, 5.74) is 3.00. The Morgan fingerprint density at radius 3 is 2.73 bits per heavy atom. The van der Waals surface area contributed by atoms with Crippen molar-refractivity contribution < 1.29 is 4.79 Å². The van der Waals surface area contributed by atoms with Crippen LogP contribution < -0.4 is 10.6 Å². The lowest BCUT2D eigenvalue weighted by Gasteiger charge is -2.13. The van der Waals surface area contributed by atoms with Crippen LogP contribution in [0.1, 0.15) is 31.2 Å². The third-order valence-electron chi connectivity index (χ3n) is 3.93. The summed E-state index contributed by atoms with van der Waals surface area (Å²) in [6, 6.07) is 6.15. The molecule has 0 aromatic carbocycles. The molecule has 0 unspecified atom stereocenters. The second-order valence-electron chi connectivity index (χ2n) is 5.63. The number of carbonyl (C=O) groups excluding carboxylic acids is 1. The summed E-state index contributed by atoms with van der Waals surface area (Å²) in [4.78, 5) is 20.2. The molecule has 0 spiro atoms. The summed E-state index contributed by atoms with van der Waals surface area (Å²) in [6.07, 6.45) is 11.7. The molecule has 3 rings (SSSR count). The molecule has 1 fully saturated rings. The fourth-order valence-electron chi connectivity index (χ4n) is 2.76. The third-order valence-corrected chi connectivity index (χ3v) is 3.93. The maximum absolute atomic E-state index is 11.9. The predicted molar refractivity (Wildman–Crippen MR) is 85.1 cm³/mol. The molecular formula is C17H20N4O. The molecule has 2 heterocycles. The normalized spacial score (nSPS) is 14.7. The highest BCUT2D eigenvalue weighted by atomic mass is 16.2. The molecule has 1 saturated carbocycles. The molecule has 0 radical (unpaired) electrons. The standard InChI is InChI=1S/C17H20N4O/c22-17(21-16-5-1-2-6-16)20-10-13-8-15(12-19-9-13)14-4-3-7-18-11-14/h3-4,7-9,11-12,16H,1-2,5-6,10H2,(H2,20,21,22). The number of rotatable bonds is 4. The first kappa shape index (κ1) is 14.5. The molecule has 0 aliphatic heterocycles. The van der Waals surface area contributed by atoms with Crippen LogP contribution in [0.25, 0.3) is 11.1 Å². The molecule has 1 aliphatic carbocycles. The summed E-state index contributed by atoms with van der Waals surface area (Å²) >= 11 is 0. The van der Waals surface area contributed by atoms with Gasteiger partial charge in [0.1, 0.15) is 0 Å². The van der Waals surface area contributed by atoms with Crippen molar-refractivity contribution in [1.29, 1.82) is 0 Å². The summed E-state index contributed by atoms with van der Waals surface area (Å²) in [6.45, 7) is 0.472. The zero-order valence-corrected chi connectivity index (χ0v) is 12.5. The van der Waals surface area contributed by atoms with E-state index in [-0.39, 0.29) is 6.03 Å². The molecule has 114 valence electrons. The van der Waals surface area contributed by atoms with Gasteiger partial charge in [-0.15, -0.1) is 0 Å². The van der Waals surface area contributed by atoms with Gasteiger partial charge in [-0.2, -0.15) is 0 Å². The fourth-order valence-corrected chi connectivity index (χ4v) is 2.76. The predicted octanol–water partition coefficient (Wildman–Crippen LogP) is 2.89. The Labute approximate surface area is 130 Å². The van der Waals surface area contributed by atoms with Crippen molar-refractivity contribution in [2.45, 2.75) is 38.3 Å². The minimum Gasteiger partial charge on any atom is -0.335 e. The molecule has 22 heavy (non-hydrogen) atoms. The van der Waals surface area contributed by atoms with Gasteiger partial charge in [0.05, 0.1) is 0 Å². The van der Waals surface area contributed by atoms with Gasteiger partial charge in [-0.05, 0) is 30.5 Å². The van der Waals surface area contributed by atoms with Gasteiger partial charge in [0.2, 0.25) is 0 Å². The minimum absolute atomic E-state index is 0.0984. The van der Waals surface area contributed by atoms with E-state index in [2.05, 4.69) is 20.6 Å². The van der Waals surface area contributed by atoms with Crippen molar-refractivity contribution in [3.63, 3.8) is 0 Å². The number of aromatic nitrogens is 2. The second-order valence-corrected chi connectivity index (χ2v) is 5.63. The average Bonchev–Trinajstić information content (AvgIpc) is 3.07. The van der Waals surface area contributed by atoms with Crippen molar-refractivity contribution in [2.75, 3.05) is 0 Å². The molecule has 5 heteroatoms. The van der Waals surface area contributed by atoms with Gasteiger partial charge in [0.15, 0.2) is 0 Å². The van der Waals surface area contributed by atoms with E-state index in [0.29, 0.717) is 12.6 Å². The highest BCUT2D eigenvalue weighted by Gasteiger charge is 2.16. The second kappa shape index (κ2) is 7.02. The number of nitrogens with zero attached hydrogens (tertiary/aromatic N) is 2. The maximum Gasteiger partial charge on any atom is 0.315 e. The van der Waals surface area contributed by atoms with Crippen LogP contribution in [0.2, 0.25) is 0 Å². The van der Waals surface area contributed by atoms with E-state index in [0.717, 1.165) is 29.5 Å². The minimum atomic E-state index is -0.0984. The Morgan fingerprint density at radius 2 is 1.95 bits per heavy atom. The quantitative estimate of drug-likeness (QED) is 0.911. The molecule has 2 aromatic heterocycles. The highest BCUT2D eigenvalue weighted by molar-refractivity contribution is 5.74. The molecular weight excluding hydrogens is 276 g/mol. The van der Waals surface area contributed by atoms with E-state index >= 15 is 0 Å². The van der Waals surface area contributed by atoms with Crippen LogP contribution in [0.5, 0.6) is 0 Å². The van der Waals surface area contributed by atoms with E-state index in [4.69, 9.17) is 0 Å². The van der Waals surface area contributed by atoms with Gasteiger partial charge in [0, 0.05) is 48.5 Å². The summed E-state index contributed by atoms with van der Waals surface area (Å²) < 4.78 is 0. The Balaban J connectivity index is 1.57. The van der Waals surface area contributed by atoms with Gasteiger partial charge >= 0.3 is 6.03 Å². The van der Waals surface area contributed by atoms with Crippen molar-refractivity contribution in [3.05, 3.63) is 48.5 Å². The van der Waals surface area contributed by atoms with Gasteiger partial charge in [-0.1, -0.05) is 18.9 Å². The number of pyridine rings is 2. The van der Waals surface area contributed by atoms with Gasteiger partial charge < -0.3 is 10.6 Å². The number of carbonyl (C=O) groups is 1. The number of nitrogens with one attached hydrogen (secondary N) is 2. The van der Waals surface area contributed by atoms with Gasteiger partial charge in [-0.25, -0.2) is 4.79 Å². The zero-order chi connectivity index (χ0) is 15.2. The van der Waals surface area contributed by atoms with E-state index in [1.165, 1.54) is 12.8 Å². The molecule has 2 amide bonds. The largest absolute Gasteiger partial charge is 0.335 e. The topological polar surface area (TPSA) is 66.9 Å². The van der Waals surface area contributed by atoms with Crippen LogP contribution in [-0.4, -0.2) is 22.0 Å². The van der Waals surface area contributed by atoms with E-state index in [9.17, 15) is 4.79 Å². The Kier molecular flexibility index (Phi) is 4.63. The van der Waals surface area contributed by atoms with E-state index < -0.39 is 0 Å². The molecule has 0 saturated heterocycles. The Bertz CT molecular complexity index is 624.